The number of esters is 1. The summed E-state index contributed by atoms with van der Waals surface area (Å²) >= 11 is 0. The number of nitrogens with one attached hydrogen (secondary N) is 2. The molecule has 0 unspecified atom stereocenters. The summed E-state index contributed by atoms with van der Waals surface area (Å²) < 4.78 is 15.6. The molecule has 0 bridgehead atoms. The molecule has 8 nitrogen and oxygen atoms in total. The van der Waals surface area contributed by atoms with Crippen LogP contribution in [0.1, 0.15) is 36.6 Å². The summed E-state index contributed by atoms with van der Waals surface area (Å²) in [4.78, 5) is 12.7. The molecule has 4 N–H and O–H groups in total. The van der Waals surface area contributed by atoms with Crippen LogP contribution >= 0.6 is 0 Å². The van der Waals surface area contributed by atoms with Gasteiger partial charge in [0, 0.05) is 29.3 Å². The van der Waals surface area contributed by atoms with Gasteiger partial charge in [-0.2, -0.15) is 0 Å². The molecule has 1 aliphatic rings. The van der Waals surface area contributed by atoms with Crippen LogP contribution in [0.5, 0.6) is 23.0 Å². The van der Waals surface area contributed by atoms with Gasteiger partial charge in [0.05, 0.1) is 26.9 Å². The highest BCUT2D eigenvalue weighted by molar-refractivity contribution is 6.02. The number of piperidine rings is 1. The zero-order chi connectivity index (χ0) is 21.8. The topological polar surface area (TPSA) is 121 Å². The van der Waals surface area contributed by atoms with Crippen LogP contribution in [0.25, 0.3) is 0 Å². The van der Waals surface area contributed by atoms with Crippen molar-refractivity contribution in [3.8, 4) is 23.0 Å². The van der Waals surface area contributed by atoms with E-state index in [0.717, 1.165) is 0 Å². The van der Waals surface area contributed by atoms with E-state index < -0.39 is 24.0 Å². The molecule has 1 heterocycles. The molecule has 3 atom stereocenters. The van der Waals surface area contributed by atoms with Gasteiger partial charge in [0.1, 0.15) is 5.92 Å². The number of hydrogen-bond donors (Lipinski definition) is 4. The lowest BCUT2D eigenvalue weighted by Crippen LogP contribution is -2.46. The zero-order valence-electron chi connectivity index (χ0n) is 17.1. The van der Waals surface area contributed by atoms with Crippen LogP contribution in [-0.2, 0) is 9.53 Å². The molecule has 0 saturated carbocycles. The fourth-order valence-corrected chi connectivity index (χ4v) is 3.84. The smallest absolute Gasteiger partial charge is 0.316 e. The van der Waals surface area contributed by atoms with Gasteiger partial charge in [-0.15, -0.1) is 0 Å². The summed E-state index contributed by atoms with van der Waals surface area (Å²) in [6.07, 6.45) is 0.186. The van der Waals surface area contributed by atoms with E-state index in [9.17, 15) is 15.0 Å². The van der Waals surface area contributed by atoms with E-state index in [1.165, 1.54) is 14.2 Å². The van der Waals surface area contributed by atoms with Crippen LogP contribution in [0.3, 0.4) is 0 Å². The molecular formula is C22H26N2O6. The molecule has 160 valence electrons. The minimum absolute atomic E-state index is 0.0338. The van der Waals surface area contributed by atoms with Crippen molar-refractivity contribution in [1.82, 2.24) is 5.32 Å². The van der Waals surface area contributed by atoms with Crippen LogP contribution < -0.4 is 14.8 Å². The molecule has 0 amide bonds. The van der Waals surface area contributed by atoms with Crippen LogP contribution in [0.4, 0.5) is 0 Å². The molecule has 8 heteroatoms. The molecule has 2 aromatic carbocycles. The second kappa shape index (κ2) is 9.04. The number of carbonyl (C=O) groups is 1. The number of hydrogen-bond acceptors (Lipinski definition) is 8. The first-order chi connectivity index (χ1) is 14.4. The van der Waals surface area contributed by atoms with Crippen molar-refractivity contribution in [1.29, 1.82) is 5.41 Å². The van der Waals surface area contributed by atoms with Crippen LogP contribution in [0.2, 0.25) is 0 Å². The van der Waals surface area contributed by atoms with Gasteiger partial charge in [0.15, 0.2) is 23.0 Å². The Hall–Kier alpha value is -3.26. The fourth-order valence-electron chi connectivity index (χ4n) is 3.84. The van der Waals surface area contributed by atoms with Gasteiger partial charge in [-0.1, -0.05) is 24.3 Å². The Labute approximate surface area is 174 Å². The largest absolute Gasteiger partial charge is 0.504 e. The van der Waals surface area contributed by atoms with Gasteiger partial charge in [0.2, 0.25) is 0 Å². The maximum Gasteiger partial charge on any atom is 0.316 e. The van der Waals surface area contributed by atoms with Crippen LogP contribution in [0.15, 0.2) is 36.4 Å². The molecule has 30 heavy (non-hydrogen) atoms. The Balaban J connectivity index is 2.07. The lowest BCUT2D eigenvalue weighted by atomic mass is 9.80. The fraction of sp³-hybridized carbons (Fsp3) is 0.364. The van der Waals surface area contributed by atoms with E-state index in [-0.39, 0.29) is 36.0 Å². The number of ether oxygens (including phenoxy) is 3. The highest BCUT2D eigenvalue weighted by atomic mass is 16.5. The van der Waals surface area contributed by atoms with Crippen LogP contribution in [0, 0.1) is 11.3 Å². The quantitative estimate of drug-likeness (QED) is 0.536. The number of benzene rings is 2. The molecule has 0 radical (unpaired) electrons. The molecular weight excluding hydrogens is 388 g/mol. The average Bonchev–Trinajstić information content (AvgIpc) is 2.73. The van der Waals surface area contributed by atoms with Gasteiger partial charge in [-0.05, 0) is 19.1 Å². The standard InChI is InChI=1S/C22H26N2O6/c1-4-30-22(27)18-14(23)11-15(12-7-5-9-16(28-2)20(12)25)24-19(18)13-8-6-10-17(29-3)21(13)26/h5-10,15,18-19,23-26H,4,11H2,1-3H3/t15-,18+,19+/m0/s1. The van der Waals surface area contributed by atoms with E-state index >= 15 is 0 Å². The summed E-state index contributed by atoms with van der Waals surface area (Å²) in [5, 5.41) is 33.2. The Bertz CT molecular complexity index is 945. The maximum atomic E-state index is 12.7. The monoisotopic (exact) mass is 414 g/mol. The number of phenolic OH excluding ortho intramolecular Hbond substituents is 2. The van der Waals surface area contributed by atoms with Gasteiger partial charge in [-0.25, -0.2) is 0 Å². The number of phenols is 2. The third-order valence-electron chi connectivity index (χ3n) is 5.26. The Morgan fingerprint density at radius 2 is 1.63 bits per heavy atom. The predicted octanol–water partition coefficient (Wildman–Crippen LogP) is 3.09. The van der Waals surface area contributed by atoms with Crippen molar-refractivity contribution in [2.45, 2.75) is 25.4 Å². The van der Waals surface area contributed by atoms with Crippen molar-refractivity contribution in [2.24, 2.45) is 5.92 Å². The van der Waals surface area contributed by atoms with Crippen molar-refractivity contribution < 1.29 is 29.2 Å². The summed E-state index contributed by atoms with van der Waals surface area (Å²) in [6, 6.07) is 8.86. The lowest BCUT2D eigenvalue weighted by Gasteiger charge is -2.37. The SMILES string of the molecule is CCOC(=O)[C@@H]1C(=N)C[C@@H](c2cccc(OC)c2O)N[C@@H]1c1cccc(OC)c1O. The molecule has 1 fully saturated rings. The second-order valence-corrected chi connectivity index (χ2v) is 6.95. The van der Waals surface area contributed by atoms with Gasteiger partial charge >= 0.3 is 5.97 Å². The Morgan fingerprint density at radius 3 is 2.20 bits per heavy atom. The molecule has 1 saturated heterocycles. The first-order valence-corrected chi connectivity index (χ1v) is 9.64. The van der Waals surface area contributed by atoms with E-state index in [2.05, 4.69) is 5.32 Å². The lowest BCUT2D eigenvalue weighted by molar-refractivity contribution is -0.146. The summed E-state index contributed by atoms with van der Waals surface area (Å²) in [7, 11) is 2.90. The van der Waals surface area contributed by atoms with E-state index in [4.69, 9.17) is 19.6 Å². The van der Waals surface area contributed by atoms with Gasteiger partial charge in [-0.3, -0.25) is 4.79 Å². The highest BCUT2D eigenvalue weighted by Crippen LogP contribution is 2.44. The summed E-state index contributed by atoms with van der Waals surface area (Å²) in [6.45, 7) is 1.88. The summed E-state index contributed by atoms with van der Waals surface area (Å²) in [5.74, 6) is -1.05. The molecule has 1 aliphatic heterocycles. The Morgan fingerprint density at radius 1 is 1.07 bits per heavy atom. The minimum atomic E-state index is -0.924. The second-order valence-electron chi connectivity index (χ2n) is 6.95. The number of methoxy groups -OCH3 is 2. The molecule has 0 aromatic heterocycles. The normalized spacial score (nSPS) is 21.2. The van der Waals surface area contributed by atoms with Crippen molar-refractivity contribution >= 4 is 11.7 Å². The van der Waals surface area contributed by atoms with E-state index in [1.807, 2.05) is 0 Å². The predicted molar refractivity (Wildman–Crippen MR) is 110 cm³/mol. The van der Waals surface area contributed by atoms with E-state index in [1.54, 1.807) is 43.3 Å². The van der Waals surface area contributed by atoms with Crippen molar-refractivity contribution in [3.63, 3.8) is 0 Å². The third-order valence-corrected chi connectivity index (χ3v) is 5.26. The number of rotatable bonds is 6. The first kappa shape index (κ1) is 21.4. The highest BCUT2D eigenvalue weighted by Gasteiger charge is 2.42. The number of para-hydroxylation sites is 2. The maximum absolute atomic E-state index is 12.7. The average molecular weight is 414 g/mol. The minimum Gasteiger partial charge on any atom is -0.504 e. The number of aromatic hydroxyl groups is 2. The number of carbonyl (C=O) groups excluding carboxylic acids is 1. The van der Waals surface area contributed by atoms with Gasteiger partial charge < -0.3 is 35.1 Å². The molecule has 3 rings (SSSR count). The molecule has 2 aromatic rings. The third kappa shape index (κ3) is 3.91. The van der Waals surface area contributed by atoms with E-state index in [0.29, 0.717) is 16.9 Å². The van der Waals surface area contributed by atoms with Crippen molar-refractivity contribution in [3.05, 3.63) is 47.5 Å². The van der Waals surface area contributed by atoms with Gasteiger partial charge in [0.25, 0.3) is 0 Å². The van der Waals surface area contributed by atoms with Crippen molar-refractivity contribution in [2.75, 3.05) is 20.8 Å². The summed E-state index contributed by atoms with van der Waals surface area (Å²) in [5.41, 5.74) is 1.09. The molecule has 0 aliphatic carbocycles. The Kier molecular flexibility index (Phi) is 6.47. The molecule has 0 spiro atoms. The zero-order valence-corrected chi connectivity index (χ0v) is 17.1. The van der Waals surface area contributed by atoms with Crippen LogP contribution in [-0.4, -0.2) is 42.7 Å². The first-order valence-electron chi connectivity index (χ1n) is 9.64.